The van der Waals surface area contributed by atoms with Crippen LogP contribution in [0.4, 0.5) is 0 Å². The van der Waals surface area contributed by atoms with Gasteiger partial charge in [0.2, 0.25) is 0 Å². The van der Waals surface area contributed by atoms with Crippen LogP contribution < -0.4 is 9.47 Å². The van der Waals surface area contributed by atoms with E-state index in [1.54, 1.807) is 13.2 Å². The van der Waals surface area contributed by atoms with Crippen LogP contribution in [-0.4, -0.2) is 13.1 Å². The largest absolute Gasteiger partial charge is 0.497 e. The summed E-state index contributed by atoms with van der Waals surface area (Å²) in [4.78, 5) is 10.8. The summed E-state index contributed by atoms with van der Waals surface area (Å²) < 4.78 is 10.2. The van der Waals surface area contributed by atoms with Crippen molar-refractivity contribution in [1.82, 2.24) is 0 Å². The summed E-state index contributed by atoms with van der Waals surface area (Å²) in [5, 5.41) is 0. The molecule has 0 aliphatic rings. The normalized spacial score (nSPS) is 10.2. The lowest BCUT2D eigenvalue weighted by Gasteiger charge is -2.10. The van der Waals surface area contributed by atoms with Gasteiger partial charge in [-0.2, -0.15) is 0 Å². The zero-order valence-electron chi connectivity index (χ0n) is 9.53. The van der Waals surface area contributed by atoms with Gasteiger partial charge < -0.3 is 9.47 Å². The summed E-state index contributed by atoms with van der Waals surface area (Å²) in [6.07, 6.45) is 0. The number of hydrogen-bond acceptors (Lipinski definition) is 3. The molecule has 0 N–H and O–H groups in total. The summed E-state index contributed by atoms with van der Waals surface area (Å²) in [6, 6.07) is 5.50. The van der Waals surface area contributed by atoms with E-state index in [9.17, 15) is 4.79 Å². The molecule has 1 aromatic carbocycles. The van der Waals surface area contributed by atoms with Gasteiger partial charge in [-0.05, 0) is 23.6 Å². The number of carbonyl (C=O) groups is 1. The standard InChI is InChI=1S/C12H16O3/c1-8(2)10-5-11(14-4)7-12(6-10)15-9(3)13/h5-8H,1-4H3. The summed E-state index contributed by atoms with van der Waals surface area (Å²) in [6.45, 7) is 5.53. The highest BCUT2D eigenvalue weighted by Crippen LogP contribution is 2.27. The van der Waals surface area contributed by atoms with Crippen LogP contribution in [0.1, 0.15) is 32.3 Å². The SMILES string of the molecule is COc1cc(OC(C)=O)cc(C(C)C)c1. The number of carbonyl (C=O) groups excluding carboxylic acids is 1. The Bertz CT molecular complexity index is 356. The predicted octanol–water partition coefficient (Wildman–Crippen LogP) is 2.74. The van der Waals surface area contributed by atoms with Crippen LogP contribution >= 0.6 is 0 Å². The second-order valence-electron chi connectivity index (χ2n) is 3.69. The van der Waals surface area contributed by atoms with Crippen molar-refractivity contribution in [3.63, 3.8) is 0 Å². The summed E-state index contributed by atoms with van der Waals surface area (Å²) in [5.74, 6) is 1.29. The van der Waals surface area contributed by atoms with Gasteiger partial charge in [0.15, 0.2) is 0 Å². The average molecular weight is 208 g/mol. The van der Waals surface area contributed by atoms with E-state index in [2.05, 4.69) is 13.8 Å². The molecular formula is C12H16O3. The number of hydrogen-bond donors (Lipinski definition) is 0. The molecule has 0 radical (unpaired) electrons. The Labute approximate surface area is 90.0 Å². The van der Waals surface area contributed by atoms with Gasteiger partial charge in [-0.15, -0.1) is 0 Å². The molecule has 0 aliphatic carbocycles. The van der Waals surface area contributed by atoms with E-state index >= 15 is 0 Å². The molecule has 3 nitrogen and oxygen atoms in total. The van der Waals surface area contributed by atoms with Gasteiger partial charge in [-0.25, -0.2) is 0 Å². The zero-order valence-corrected chi connectivity index (χ0v) is 9.53. The molecule has 0 atom stereocenters. The molecule has 0 heterocycles. The Balaban J connectivity index is 3.05. The van der Waals surface area contributed by atoms with Crippen molar-refractivity contribution in [2.75, 3.05) is 7.11 Å². The first-order valence-corrected chi connectivity index (χ1v) is 4.90. The molecule has 15 heavy (non-hydrogen) atoms. The Hall–Kier alpha value is -1.51. The predicted molar refractivity (Wildman–Crippen MR) is 58.4 cm³/mol. The molecule has 0 saturated carbocycles. The minimum atomic E-state index is -0.321. The monoisotopic (exact) mass is 208 g/mol. The van der Waals surface area contributed by atoms with Crippen molar-refractivity contribution in [2.24, 2.45) is 0 Å². The van der Waals surface area contributed by atoms with Crippen LogP contribution in [0.15, 0.2) is 18.2 Å². The lowest BCUT2D eigenvalue weighted by atomic mass is 10.0. The number of benzene rings is 1. The molecule has 0 spiro atoms. The summed E-state index contributed by atoms with van der Waals surface area (Å²) >= 11 is 0. The van der Waals surface area contributed by atoms with Gasteiger partial charge in [-0.1, -0.05) is 13.8 Å². The van der Waals surface area contributed by atoms with Crippen LogP contribution in [0.3, 0.4) is 0 Å². The second kappa shape index (κ2) is 4.82. The highest BCUT2D eigenvalue weighted by Gasteiger charge is 2.06. The third kappa shape index (κ3) is 3.27. The van der Waals surface area contributed by atoms with Crippen molar-refractivity contribution in [2.45, 2.75) is 26.7 Å². The van der Waals surface area contributed by atoms with E-state index in [4.69, 9.17) is 9.47 Å². The van der Waals surface area contributed by atoms with Gasteiger partial charge in [0.25, 0.3) is 0 Å². The van der Waals surface area contributed by atoms with Gasteiger partial charge >= 0.3 is 5.97 Å². The molecule has 0 bridgehead atoms. The Morgan fingerprint density at radius 2 is 1.80 bits per heavy atom. The van der Waals surface area contributed by atoms with Crippen LogP contribution in [0.25, 0.3) is 0 Å². The van der Waals surface area contributed by atoms with Crippen LogP contribution in [0.5, 0.6) is 11.5 Å². The van der Waals surface area contributed by atoms with Crippen LogP contribution in [0.2, 0.25) is 0 Å². The maximum Gasteiger partial charge on any atom is 0.308 e. The van der Waals surface area contributed by atoms with Crippen LogP contribution in [0, 0.1) is 0 Å². The first-order chi connectivity index (χ1) is 7.02. The van der Waals surface area contributed by atoms with E-state index in [1.807, 2.05) is 12.1 Å². The lowest BCUT2D eigenvalue weighted by molar-refractivity contribution is -0.131. The molecule has 0 aliphatic heterocycles. The third-order valence-electron chi connectivity index (χ3n) is 2.07. The average Bonchev–Trinajstić information content (AvgIpc) is 2.16. The first-order valence-electron chi connectivity index (χ1n) is 4.90. The molecule has 0 fully saturated rings. The number of ether oxygens (including phenoxy) is 2. The van der Waals surface area contributed by atoms with E-state index in [-0.39, 0.29) is 5.97 Å². The number of methoxy groups -OCH3 is 1. The summed E-state index contributed by atoms with van der Waals surface area (Å²) in [5.41, 5.74) is 1.09. The maximum absolute atomic E-state index is 10.8. The second-order valence-corrected chi connectivity index (χ2v) is 3.69. The van der Waals surface area contributed by atoms with E-state index in [0.717, 1.165) is 5.56 Å². The number of esters is 1. The Morgan fingerprint density at radius 3 is 2.27 bits per heavy atom. The highest BCUT2D eigenvalue weighted by molar-refractivity contribution is 5.69. The first kappa shape index (κ1) is 11.6. The smallest absolute Gasteiger partial charge is 0.308 e. The Morgan fingerprint density at radius 1 is 1.20 bits per heavy atom. The lowest BCUT2D eigenvalue weighted by Crippen LogP contribution is -2.02. The van der Waals surface area contributed by atoms with Gasteiger partial charge in [0.1, 0.15) is 11.5 Å². The molecule has 1 aromatic rings. The fourth-order valence-electron chi connectivity index (χ4n) is 1.27. The summed E-state index contributed by atoms with van der Waals surface area (Å²) in [7, 11) is 1.59. The van der Waals surface area contributed by atoms with Gasteiger partial charge in [-0.3, -0.25) is 4.79 Å². The van der Waals surface area contributed by atoms with E-state index in [0.29, 0.717) is 17.4 Å². The minimum Gasteiger partial charge on any atom is -0.497 e. The van der Waals surface area contributed by atoms with Gasteiger partial charge in [0.05, 0.1) is 7.11 Å². The quantitative estimate of drug-likeness (QED) is 0.566. The molecule has 82 valence electrons. The number of rotatable bonds is 3. The Kier molecular flexibility index (Phi) is 3.72. The van der Waals surface area contributed by atoms with Gasteiger partial charge in [0, 0.05) is 13.0 Å². The molecule has 0 amide bonds. The van der Waals surface area contributed by atoms with E-state index < -0.39 is 0 Å². The highest BCUT2D eigenvalue weighted by atomic mass is 16.5. The topological polar surface area (TPSA) is 35.5 Å². The minimum absolute atomic E-state index is 0.321. The third-order valence-corrected chi connectivity index (χ3v) is 2.07. The molecule has 0 aromatic heterocycles. The fraction of sp³-hybridized carbons (Fsp3) is 0.417. The molecule has 0 saturated heterocycles. The maximum atomic E-state index is 10.8. The molecule has 1 rings (SSSR count). The van der Waals surface area contributed by atoms with Crippen molar-refractivity contribution < 1.29 is 14.3 Å². The molecule has 3 heteroatoms. The van der Waals surface area contributed by atoms with E-state index in [1.165, 1.54) is 6.92 Å². The van der Waals surface area contributed by atoms with Crippen molar-refractivity contribution >= 4 is 5.97 Å². The van der Waals surface area contributed by atoms with Crippen molar-refractivity contribution in [3.05, 3.63) is 23.8 Å². The van der Waals surface area contributed by atoms with Crippen LogP contribution in [-0.2, 0) is 4.79 Å². The van der Waals surface area contributed by atoms with Crippen molar-refractivity contribution in [3.8, 4) is 11.5 Å². The molecular weight excluding hydrogens is 192 g/mol. The molecule has 0 unspecified atom stereocenters. The fourth-order valence-corrected chi connectivity index (χ4v) is 1.27. The van der Waals surface area contributed by atoms with Crippen molar-refractivity contribution in [1.29, 1.82) is 0 Å². The zero-order chi connectivity index (χ0) is 11.4.